The molecule has 2 aromatic rings. The van der Waals surface area contributed by atoms with E-state index in [0.717, 1.165) is 41.4 Å². The van der Waals surface area contributed by atoms with Crippen molar-refractivity contribution >= 4 is 17.0 Å². The molecule has 5 nitrogen and oxygen atoms in total. The summed E-state index contributed by atoms with van der Waals surface area (Å²) in [6.45, 7) is 10.5. The van der Waals surface area contributed by atoms with Gasteiger partial charge in [0.15, 0.2) is 0 Å². The first-order valence-electron chi connectivity index (χ1n) is 9.95. The number of aliphatic hydroxyl groups excluding tert-OH is 1. The van der Waals surface area contributed by atoms with Crippen molar-refractivity contribution in [3.63, 3.8) is 0 Å². The molecule has 5 heteroatoms. The lowest BCUT2D eigenvalue weighted by Gasteiger charge is -2.21. The van der Waals surface area contributed by atoms with Crippen molar-refractivity contribution < 1.29 is 14.6 Å². The molecule has 3 rings (SSSR count). The second-order valence-corrected chi connectivity index (χ2v) is 8.92. The van der Waals surface area contributed by atoms with E-state index in [9.17, 15) is 9.90 Å². The molecule has 1 saturated carbocycles. The highest BCUT2D eigenvalue weighted by Gasteiger charge is 2.25. The first-order chi connectivity index (χ1) is 12.7. The fourth-order valence-electron chi connectivity index (χ4n) is 3.76. The van der Waals surface area contributed by atoms with E-state index in [1.807, 2.05) is 32.9 Å². The van der Waals surface area contributed by atoms with Crippen LogP contribution in [0.15, 0.2) is 24.3 Å². The highest BCUT2D eigenvalue weighted by molar-refractivity contribution is 5.91. The molecule has 0 unspecified atom stereocenters. The standard InChI is InChI=1S/C22H32N2O3/c1-14(2)19-12-16-11-15(13-23-17-7-6-8-20(17)25)9-10-18(16)24(19)21(26)27-22(3,4)5/h9-12,14,17,20,23,25H,6-8,13H2,1-5H3/t17-,20-/m0/s1. The molecule has 0 bridgehead atoms. The number of carbonyl (C=O) groups excluding carboxylic acids is 1. The smallest absolute Gasteiger partial charge is 0.419 e. The maximum atomic E-state index is 12.8. The Balaban J connectivity index is 1.87. The Labute approximate surface area is 161 Å². The first-order valence-corrected chi connectivity index (χ1v) is 9.95. The third-order valence-electron chi connectivity index (χ3n) is 5.11. The van der Waals surface area contributed by atoms with Gasteiger partial charge in [-0.3, -0.25) is 0 Å². The van der Waals surface area contributed by atoms with E-state index in [-0.39, 0.29) is 24.2 Å². The van der Waals surface area contributed by atoms with Crippen LogP contribution in [0.3, 0.4) is 0 Å². The number of hydrogen-bond acceptors (Lipinski definition) is 4. The number of rotatable bonds is 4. The van der Waals surface area contributed by atoms with Gasteiger partial charge in [-0.2, -0.15) is 0 Å². The Morgan fingerprint density at radius 2 is 2.04 bits per heavy atom. The molecule has 1 aliphatic carbocycles. The molecule has 1 aromatic carbocycles. The van der Waals surface area contributed by atoms with Crippen LogP contribution in [0, 0.1) is 0 Å². The van der Waals surface area contributed by atoms with Gasteiger partial charge in [-0.25, -0.2) is 9.36 Å². The van der Waals surface area contributed by atoms with Crippen LogP contribution in [0.5, 0.6) is 0 Å². The zero-order valence-electron chi connectivity index (χ0n) is 17.1. The summed E-state index contributed by atoms with van der Waals surface area (Å²) >= 11 is 0. The number of nitrogens with one attached hydrogen (secondary N) is 1. The number of ether oxygens (including phenoxy) is 1. The molecule has 0 amide bonds. The summed E-state index contributed by atoms with van der Waals surface area (Å²) in [6.07, 6.45) is 2.41. The average molecular weight is 373 g/mol. The Morgan fingerprint density at radius 3 is 2.63 bits per heavy atom. The summed E-state index contributed by atoms with van der Waals surface area (Å²) in [6, 6.07) is 8.42. The largest absolute Gasteiger partial charge is 0.443 e. The summed E-state index contributed by atoms with van der Waals surface area (Å²) < 4.78 is 7.32. The third kappa shape index (κ3) is 4.53. The quantitative estimate of drug-likeness (QED) is 0.826. The molecule has 0 aliphatic heterocycles. The SMILES string of the molecule is CC(C)c1cc2cc(CN[C@H]3CCC[C@@H]3O)ccc2n1C(=O)OC(C)(C)C. The highest BCUT2D eigenvalue weighted by Crippen LogP contribution is 2.28. The van der Waals surface area contributed by atoms with E-state index in [1.54, 1.807) is 4.57 Å². The van der Waals surface area contributed by atoms with Crippen LogP contribution < -0.4 is 5.32 Å². The number of aromatic nitrogens is 1. The number of hydrogen-bond donors (Lipinski definition) is 2. The van der Waals surface area contributed by atoms with Crippen LogP contribution in [0.4, 0.5) is 4.79 Å². The highest BCUT2D eigenvalue weighted by atomic mass is 16.6. The van der Waals surface area contributed by atoms with E-state index in [2.05, 4.69) is 31.3 Å². The van der Waals surface area contributed by atoms with E-state index < -0.39 is 5.60 Å². The van der Waals surface area contributed by atoms with Crippen LogP contribution >= 0.6 is 0 Å². The summed E-state index contributed by atoms with van der Waals surface area (Å²) in [5.74, 6) is 0.208. The van der Waals surface area contributed by atoms with E-state index in [0.29, 0.717) is 6.54 Å². The third-order valence-corrected chi connectivity index (χ3v) is 5.11. The Morgan fingerprint density at radius 1 is 1.30 bits per heavy atom. The van der Waals surface area contributed by atoms with Gasteiger partial charge in [0.25, 0.3) is 0 Å². The molecule has 27 heavy (non-hydrogen) atoms. The van der Waals surface area contributed by atoms with Crippen molar-refractivity contribution in [3.05, 3.63) is 35.5 Å². The molecule has 1 aromatic heterocycles. The van der Waals surface area contributed by atoms with Crippen molar-refractivity contribution in [2.45, 2.75) is 84.1 Å². The van der Waals surface area contributed by atoms with Gasteiger partial charge in [-0.1, -0.05) is 19.9 Å². The molecule has 0 saturated heterocycles. The molecular formula is C22H32N2O3. The van der Waals surface area contributed by atoms with Crippen molar-refractivity contribution in [1.29, 1.82) is 0 Å². The van der Waals surface area contributed by atoms with E-state index >= 15 is 0 Å². The first kappa shape index (κ1) is 19.9. The second kappa shape index (κ2) is 7.64. The molecular weight excluding hydrogens is 340 g/mol. The molecule has 2 N–H and O–H groups in total. The molecule has 148 valence electrons. The van der Waals surface area contributed by atoms with Gasteiger partial charge in [-0.15, -0.1) is 0 Å². The maximum Gasteiger partial charge on any atom is 0.419 e. The molecule has 1 fully saturated rings. The minimum atomic E-state index is -0.534. The summed E-state index contributed by atoms with van der Waals surface area (Å²) in [4.78, 5) is 12.8. The molecule has 1 heterocycles. The topological polar surface area (TPSA) is 63.5 Å². The van der Waals surface area contributed by atoms with Gasteiger partial charge in [0.1, 0.15) is 5.60 Å². The number of aliphatic hydroxyl groups is 1. The van der Waals surface area contributed by atoms with Crippen molar-refractivity contribution in [2.24, 2.45) is 0 Å². The van der Waals surface area contributed by atoms with Gasteiger partial charge < -0.3 is 15.2 Å². The van der Waals surface area contributed by atoms with Crippen LogP contribution in [-0.2, 0) is 11.3 Å². The summed E-state index contributed by atoms with van der Waals surface area (Å²) in [7, 11) is 0. The zero-order chi connectivity index (χ0) is 19.8. The fourth-order valence-corrected chi connectivity index (χ4v) is 3.76. The predicted octanol–water partition coefficient (Wildman–Crippen LogP) is 4.55. The molecule has 0 radical (unpaired) electrons. The molecule has 1 aliphatic rings. The number of fused-ring (bicyclic) bond motifs is 1. The monoisotopic (exact) mass is 372 g/mol. The minimum absolute atomic E-state index is 0.179. The van der Waals surface area contributed by atoms with Gasteiger partial charge in [0.05, 0.1) is 11.6 Å². The maximum absolute atomic E-state index is 12.8. The number of carbonyl (C=O) groups is 1. The minimum Gasteiger partial charge on any atom is -0.443 e. The normalized spacial score (nSPS) is 20.6. The molecule has 2 atom stereocenters. The van der Waals surface area contributed by atoms with Gasteiger partial charge in [0.2, 0.25) is 0 Å². The fraction of sp³-hybridized carbons (Fsp3) is 0.591. The predicted molar refractivity (Wildman–Crippen MR) is 108 cm³/mol. The van der Waals surface area contributed by atoms with Crippen molar-refractivity contribution in [1.82, 2.24) is 9.88 Å². The average Bonchev–Trinajstić information content (AvgIpc) is 3.14. The summed E-state index contributed by atoms with van der Waals surface area (Å²) in [5, 5.41) is 14.5. The van der Waals surface area contributed by atoms with E-state index in [4.69, 9.17) is 4.74 Å². The number of nitrogens with zero attached hydrogens (tertiary/aromatic N) is 1. The van der Waals surface area contributed by atoms with Gasteiger partial charge >= 0.3 is 6.09 Å². The van der Waals surface area contributed by atoms with Crippen molar-refractivity contribution in [3.8, 4) is 0 Å². The van der Waals surface area contributed by atoms with Crippen LogP contribution in [0.1, 0.15) is 71.1 Å². The van der Waals surface area contributed by atoms with Gasteiger partial charge in [-0.05, 0) is 69.7 Å². The number of benzene rings is 1. The van der Waals surface area contributed by atoms with Crippen LogP contribution in [0.2, 0.25) is 0 Å². The lowest BCUT2D eigenvalue weighted by atomic mass is 10.1. The Hall–Kier alpha value is -1.85. The zero-order valence-corrected chi connectivity index (χ0v) is 17.1. The molecule has 0 spiro atoms. The van der Waals surface area contributed by atoms with E-state index in [1.165, 1.54) is 0 Å². The Kier molecular flexibility index (Phi) is 5.63. The van der Waals surface area contributed by atoms with Crippen molar-refractivity contribution in [2.75, 3.05) is 0 Å². The Bertz CT molecular complexity index is 817. The lowest BCUT2D eigenvalue weighted by molar-refractivity contribution is 0.0539. The van der Waals surface area contributed by atoms with Crippen LogP contribution in [-0.4, -0.2) is 33.5 Å². The van der Waals surface area contributed by atoms with Crippen LogP contribution in [0.25, 0.3) is 10.9 Å². The van der Waals surface area contributed by atoms with Gasteiger partial charge in [0, 0.05) is 23.7 Å². The summed E-state index contributed by atoms with van der Waals surface area (Å²) in [5.41, 5.74) is 2.44. The second-order valence-electron chi connectivity index (χ2n) is 8.92. The lowest BCUT2D eigenvalue weighted by Crippen LogP contribution is -2.35.